The van der Waals surface area contributed by atoms with Crippen molar-refractivity contribution in [3.8, 4) is 23.0 Å². The van der Waals surface area contributed by atoms with E-state index in [-0.39, 0.29) is 13.2 Å². The van der Waals surface area contributed by atoms with Gasteiger partial charge < -0.3 is 28.8 Å². The van der Waals surface area contributed by atoms with Crippen molar-refractivity contribution in [2.24, 2.45) is 0 Å². The number of aliphatic hydroxyl groups excluding tert-OH is 1. The summed E-state index contributed by atoms with van der Waals surface area (Å²) >= 11 is 0. The number of nitrogens with zero attached hydrogens (tertiary/aromatic N) is 1. The molecule has 1 fully saturated rings. The van der Waals surface area contributed by atoms with Crippen LogP contribution in [0.1, 0.15) is 50.7 Å². The van der Waals surface area contributed by atoms with Crippen LogP contribution < -0.4 is 18.9 Å². The maximum atomic E-state index is 8.70. The number of hydrogen-bond acceptors (Lipinski definition) is 7. The summed E-state index contributed by atoms with van der Waals surface area (Å²) in [7, 11) is 3.29. The Morgan fingerprint density at radius 1 is 0.771 bits per heavy atom. The molecular weight excluding hydrogens is 446 g/mol. The standard InChI is InChI=1S/C16H25NO3.C12H18O3/c1-13(2)14-4-5-15(18-3)16(12-14)20-11-8-17-6-9-19-10-7-17;1-9(2)10-4-5-11(14-3)12(8-10)15-7-6-13/h4-5,12-13H,6-11H2,1-3H3;4-5,8-9,13H,6-7H2,1-3H3. The van der Waals surface area contributed by atoms with E-state index in [0.717, 1.165) is 44.3 Å². The van der Waals surface area contributed by atoms with Crippen LogP contribution in [-0.2, 0) is 4.74 Å². The van der Waals surface area contributed by atoms with Gasteiger partial charge in [0.1, 0.15) is 13.2 Å². The summed E-state index contributed by atoms with van der Waals surface area (Å²) in [6, 6.07) is 12.0. The topological polar surface area (TPSA) is 69.6 Å². The first kappa shape index (κ1) is 28.8. The summed E-state index contributed by atoms with van der Waals surface area (Å²) in [6.45, 7) is 14.1. The number of aliphatic hydroxyl groups is 1. The van der Waals surface area contributed by atoms with E-state index in [0.29, 0.717) is 29.9 Å². The van der Waals surface area contributed by atoms with Crippen LogP contribution in [0.15, 0.2) is 36.4 Å². The zero-order valence-electron chi connectivity index (χ0n) is 22.2. The smallest absolute Gasteiger partial charge is 0.161 e. The molecule has 1 heterocycles. The Kier molecular flexibility index (Phi) is 12.7. The number of rotatable bonds is 11. The fraction of sp³-hybridized carbons (Fsp3) is 0.571. The molecule has 2 aromatic carbocycles. The van der Waals surface area contributed by atoms with E-state index in [4.69, 9.17) is 28.8 Å². The molecule has 1 aliphatic rings. The second-order valence-electron chi connectivity index (χ2n) is 9.00. The molecule has 0 bridgehead atoms. The van der Waals surface area contributed by atoms with Crippen LogP contribution in [0.25, 0.3) is 0 Å². The summed E-state index contributed by atoms with van der Waals surface area (Å²) < 4.78 is 27.2. The fourth-order valence-electron chi connectivity index (χ4n) is 3.60. The molecule has 0 unspecified atom stereocenters. The van der Waals surface area contributed by atoms with Crippen LogP contribution in [-0.4, -0.2) is 76.9 Å². The monoisotopic (exact) mass is 489 g/mol. The van der Waals surface area contributed by atoms with Crippen LogP contribution in [0, 0.1) is 0 Å². The fourth-order valence-corrected chi connectivity index (χ4v) is 3.60. The lowest BCUT2D eigenvalue weighted by Crippen LogP contribution is -2.38. The highest BCUT2D eigenvalue weighted by atomic mass is 16.5. The van der Waals surface area contributed by atoms with Gasteiger partial charge in [0.05, 0.1) is 34.0 Å². The Balaban J connectivity index is 0.000000258. The average Bonchev–Trinajstić information content (AvgIpc) is 2.88. The largest absolute Gasteiger partial charge is 0.493 e. The number of methoxy groups -OCH3 is 2. The molecule has 0 amide bonds. The first-order chi connectivity index (χ1) is 16.9. The lowest BCUT2D eigenvalue weighted by atomic mass is 10.0. The third-order valence-corrected chi connectivity index (χ3v) is 5.83. The molecule has 1 saturated heterocycles. The molecule has 0 radical (unpaired) electrons. The first-order valence-electron chi connectivity index (χ1n) is 12.4. The molecule has 35 heavy (non-hydrogen) atoms. The highest BCUT2D eigenvalue weighted by molar-refractivity contribution is 5.44. The van der Waals surface area contributed by atoms with Gasteiger partial charge in [0.2, 0.25) is 0 Å². The Morgan fingerprint density at radius 3 is 1.69 bits per heavy atom. The zero-order chi connectivity index (χ0) is 25.6. The SMILES string of the molecule is COc1ccc(C(C)C)cc1OCCN1CCOCC1.COc1ccc(C(C)C)cc1OCCO. The van der Waals surface area contributed by atoms with Crippen molar-refractivity contribution in [1.29, 1.82) is 0 Å². The van der Waals surface area contributed by atoms with E-state index in [1.165, 1.54) is 11.1 Å². The minimum atomic E-state index is 0.00899. The van der Waals surface area contributed by atoms with E-state index in [1.807, 2.05) is 24.3 Å². The van der Waals surface area contributed by atoms with Crippen LogP contribution in [0.5, 0.6) is 23.0 Å². The summed E-state index contributed by atoms with van der Waals surface area (Å²) in [6.07, 6.45) is 0. The molecule has 1 aliphatic heterocycles. The summed E-state index contributed by atoms with van der Waals surface area (Å²) in [4.78, 5) is 2.36. The van der Waals surface area contributed by atoms with Gasteiger partial charge in [-0.05, 0) is 47.2 Å². The van der Waals surface area contributed by atoms with E-state index in [9.17, 15) is 0 Å². The van der Waals surface area contributed by atoms with Crippen LogP contribution in [0.4, 0.5) is 0 Å². The molecule has 0 aliphatic carbocycles. The van der Waals surface area contributed by atoms with Crippen molar-refractivity contribution in [3.63, 3.8) is 0 Å². The quantitative estimate of drug-likeness (QED) is 0.490. The molecule has 0 atom stereocenters. The summed E-state index contributed by atoms with van der Waals surface area (Å²) in [5.74, 6) is 3.98. The predicted octanol–water partition coefficient (Wildman–Crippen LogP) is 4.72. The minimum absolute atomic E-state index is 0.00899. The molecule has 0 aromatic heterocycles. The molecular formula is C28H43NO6. The Hall–Kier alpha value is -2.48. The summed E-state index contributed by atoms with van der Waals surface area (Å²) in [5, 5.41) is 8.70. The van der Waals surface area contributed by atoms with Gasteiger partial charge in [-0.3, -0.25) is 4.90 Å². The number of morpholine rings is 1. The van der Waals surface area contributed by atoms with E-state index < -0.39 is 0 Å². The van der Waals surface area contributed by atoms with Gasteiger partial charge in [-0.15, -0.1) is 0 Å². The second-order valence-corrected chi connectivity index (χ2v) is 9.00. The van der Waals surface area contributed by atoms with E-state index in [1.54, 1.807) is 14.2 Å². The normalized spacial score (nSPS) is 13.9. The molecule has 7 heteroatoms. The molecule has 3 rings (SSSR count). The van der Waals surface area contributed by atoms with Gasteiger partial charge in [-0.2, -0.15) is 0 Å². The van der Waals surface area contributed by atoms with Gasteiger partial charge in [-0.1, -0.05) is 39.8 Å². The van der Waals surface area contributed by atoms with Crippen molar-refractivity contribution in [3.05, 3.63) is 47.5 Å². The molecule has 1 N–H and O–H groups in total. The first-order valence-corrected chi connectivity index (χ1v) is 12.4. The average molecular weight is 490 g/mol. The number of hydrogen-bond donors (Lipinski definition) is 1. The Morgan fingerprint density at radius 2 is 1.26 bits per heavy atom. The van der Waals surface area contributed by atoms with E-state index in [2.05, 4.69) is 44.7 Å². The van der Waals surface area contributed by atoms with Crippen molar-refractivity contribution >= 4 is 0 Å². The zero-order valence-corrected chi connectivity index (χ0v) is 22.2. The third-order valence-electron chi connectivity index (χ3n) is 5.83. The Bertz CT molecular complexity index is 865. The van der Waals surface area contributed by atoms with Gasteiger partial charge in [0.15, 0.2) is 23.0 Å². The van der Waals surface area contributed by atoms with Gasteiger partial charge in [0, 0.05) is 19.6 Å². The molecule has 196 valence electrons. The van der Waals surface area contributed by atoms with Gasteiger partial charge in [0.25, 0.3) is 0 Å². The molecule has 2 aromatic rings. The number of ether oxygens (including phenoxy) is 5. The molecule has 7 nitrogen and oxygen atoms in total. The van der Waals surface area contributed by atoms with Gasteiger partial charge >= 0.3 is 0 Å². The third kappa shape index (κ3) is 9.59. The second kappa shape index (κ2) is 15.5. The lowest BCUT2D eigenvalue weighted by molar-refractivity contribution is 0.0321. The maximum absolute atomic E-state index is 8.70. The van der Waals surface area contributed by atoms with Crippen molar-refractivity contribution < 1.29 is 28.8 Å². The number of benzene rings is 2. The predicted molar refractivity (Wildman–Crippen MR) is 140 cm³/mol. The van der Waals surface area contributed by atoms with Crippen LogP contribution in [0.2, 0.25) is 0 Å². The van der Waals surface area contributed by atoms with Gasteiger partial charge in [-0.25, -0.2) is 0 Å². The van der Waals surface area contributed by atoms with Crippen molar-refractivity contribution in [1.82, 2.24) is 4.90 Å². The van der Waals surface area contributed by atoms with Crippen LogP contribution >= 0.6 is 0 Å². The van der Waals surface area contributed by atoms with Crippen molar-refractivity contribution in [2.45, 2.75) is 39.5 Å². The highest BCUT2D eigenvalue weighted by Gasteiger charge is 2.12. The lowest BCUT2D eigenvalue weighted by Gasteiger charge is -2.26. The highest BCUT2D eigenvalue weighted by Crippen LogP contribution is 2.31. The van der Waals surface area contributed by atoms with E-state index >= 15 is 0 Å². The molecule has 0 spiro atoms. The summed E-state index contributed by atoms with van der Waals surface area (Å²) in [5.41, 5.74) is 2.47. The minimum Gasteiger partial charge on any atom is -0.493 e. The Labute approximate surface area is 210 Å². The van der Waals surface area contributed by atoms with Crippen molar-refractivity contribution in [2.75, 3.05) is 66.9 Å². The van der Waals surface area contributed by atoms with Crippen LogP contribution in [0.3, 0.4) is 0 Å². The maximum Gasteiger partial charge on any atom is 0.161 e. The molecule has 0 saturated carbocycles.